The molecule has 1 atom stereocenters. The van der Waals surface area contributed by atoms with Crippen LogP contribution in [0.2, 0.25) is 0 Å². The van der Waals surface area contributed by atoms with Gasteiger partial charge in [0.25, 0.3) is 5.91 Å². The lowest BCUT2D eigenvalue weighted by Crippen LogP contribution is -2.40. The molecule has 6 nitrogen and oxygen atoms in total. The van der Waals surface area contributed by atoms with Crippen molar-refractivity contribution < 1.29 is 18.3 Å². The number of halogens is 2. The molecule has 4 rings (SSSR count). The highest BCUT2D eigenvalue weighted by Gasteiger charge is 2.25. The Labute approximate surface area is 183 Å². The number of aromatic nitrogens is 2. The van der Waals surface area contributed by atoms with Crippen molar-refractivity contribution in [2.24, 2.45) is 5.73 Å². The van der Waals surface area contributed by atoms with Crippen LogP contribution in [0.25, 0.3) is 11.3 Å². The molecule has 0 bridgehead atoms. The minimum Gasteiger partial charge on any atom is -0.481 e. The summed E-state index contributed by atoms with van der Waals surface area (Å²) in [5.41, 5.74) is 9.25. The van der Waals surface area contributed by atoms with E-state index in [2.05, 4.69) is 10.4 Å². The number of thiophene rings is 1. The molecular formula is C22H24F2N4O2S. The molecule has 0 saturated carbocycles. The van der Waals surface area contributed by atoms with Gasteiger partial charge in [-0.05, 0) is 42.7 Å². The predicted molar refractivity (Wildman–Crippen MR) is 116 cm³/mol. The van der Waals surface area contributed by atoms with Gasteiger partial charge >= 0.3 is 0 Å². The minimum atomic E-state index is -0.422. The van der Waals surface area contributed by atoms with E-state index in [4.69, 9.17) is 10.5 Å². The topological polar surface area (TPSA) is 82.2 Å². The zero-order chi connectivity index (χ0) is 22.0. The first-order chi connectivity index (χ1) is 14.9. The summed E-state index contributed by atoms with van der Waals surface area (Å²) >= 11 is 1.28. The van der Waals surface area contributed by atoms with Crippen LogP contribution >= 0.6 is 11.3 Å². The van der Waals surface area contributed by atoms with Crippen LogP contribution < -0.4 is 15.8 Å². The number of hydrogen-bond donors (Lipinski definition) is 2. The van der Waals surface area contributed by atoms with Crippen molar-refractivity contribution in [1.29, 1.82) is 0 Å². The molecule has 0 aromatic carbocycles. The molecule has 3 heterocycles. The molecule has 1 aliphatic heterocycles. The molecule has 1 amide bonds. The molecule has 9 heteroatoms. The first-order valence-electron chi connectivity index (χ1n) is 10.2. The van der Waals surface area contributed by atoms with E-state index in [1.54, 1.807) is 6.20 Å². The number of rotatable bonds is 5. The highest BCUT2D eigenvalue weighted by atomic mass is 32.1. The molecule has 0 saturated heterocycles. The summed E-state index contributed by atoms with van der Waals surface area (Å²) in [5, 5.41) is 7.97. The number of allylic oxidation sites excluding steroid dienone is 5. The molecule has 0 fully saturated rings. The van der Waals surface area contributed by atoms with Crippen molar-refractivity contribution in [2.45, 2.75) is 38.8 Å². The zero-order valence-corrected chi connectivity index (χ0v) is 18.0. The summed E-state index contributed by atoms with van der Waals surface area (Å²) in [5.74, 6) is -1.04. The highest BCUT2D eigenvalue weighted by molar-refractivity contribution is 7.16. The molecule has 1 unspecified atom stereocenters. The average molecular weight is 447 g/mol. The summed E-state index contributed by atoms with van der Waals surface area (Å²) in [6.07, 6.45) is 6.44. The number of hydrogen-bond acceptors (Lipinski definition) is 5. The predicted octanol–water partition coefficient (Wildman–Crippen LogP) is 4.19. The maximum atomic E-state index is 13.9. The van der Waals surface area contributed by atoms with Crippen molar-refractivity contribution in [3.8, 4) is 16.3 Å². The Hall–Kier alpha value is -2.78. The second-order valence-electron chi connectivity index (χ2n) is 7.62. The average Bonchev–Trinajstić information content (AvgIpc) is 3.27. The van der Waals surface area contributed by atoms with E-state index in [-0.39, 0.29) is 36.9 Å². The molecule has 2 aromatic rings. The fourth-order valence-electron chi connectivity index (χ4n) is 3.69. The van der Waals surface area contributed by atoms with Gasteiger partial charge in [0.15, 0.2) is 5.06 Å². The lowest BCUT2D eigenvalue weighted by molar-refractivity contribution is 0.0942. The van der Waals surface area contributed by atoms with Crippen LogP contribution in [0.1, 0.15) is 34.5 Å². The Kier molecular flexibility index (Phi) is 6.33. The van der Waals surface area contributed by atoms with Crippen LogP contribution in [0.4, 0.5) is 8.78 Å². The van der Waals surface area contributed by atoms with E-state index >= 15 is 0 Å². The third kappa shape index (κ3) is 4.77. The molecule has 164 valence electrons. The normalized spacial score (nSPS) is 18.6. The number of aryl methyl sites for hydroxylation is 1. The van der Waals surface area contributed by atoms with Crippen molar-refractivity contribution in [3.05, 3.63) is 58.2 Å². The van der Waals surface area contributed by atoms with Crippen molar-refractivity contribution >= 4 is 17.2 Å². The summed E-state index contributed by atoms with van der Waals surface area (Å²) in [4.78, 5) is 13.4. The van der Waals surface area contributed by atoms with Gasteiger partial charge in [-0.15, -0.1) is 0 Å². The van der Waals surface area contributed by atoms with Gasteiger partial charge in [0.05, 0.1) is 28.9 Å². The number of fused-ring (bicyclic) bond motifs is 3. The quantitative estimate of drug-likeness (QED) is 0.722. The van der Waals surface area contributed by atoms with Gasteiger partial charge in [0.1, 0.15) is 18.3 Å². The van der Waals surface area contributed by atoms with Crippen LogP contribution in [0.5, 0.6) is 5.06 Å². The van der Waals surface area contributed by atoms with E-state index < -0.39 is 6.04 Å². The standard InChI is InChI=1S/C22H24F2N4O2S/c1-13-12-26-28-6-7-30-22-18(20(13)28)10-19(31-22)21(29)27-17(11-25)9-14-2-3-15(23)4-5-16(24)8-14/h2-3,8,10,12,17H,4-7,9,11,25H2,1H3,(H,27,29)/b14-2?,15-3+,16-8?. The van der Waals surface area contributed by atoms with Gasteiger partial charge in [-0.1, -0.05) is 17.4 Å². The molecule has 0 radical (unpaired) electrons. The fraction of sp³-hybridized carbons (Fsp3) is 0.364. The summed E-state index contributed by atoms with van der Waals surface area (Å²) < 4.78 is 35.2. The fourth-order valence-corrected chi connectivity index (χ4v) is 4.62. The van der Waals surface area contributed by atoms with Crippen LogP contribution in [-0.4, -0.2) is 34.9 Å². The van der Waals surface area contributed by atoms with E-state index in [0.717, 1.165) is 16.8 Å². The van der Waals surface area contributed by atoms with E-state index in [9.17, 15) is 13.6 Å². The smallest absolute Gasteiger partial charge is 0.261 e. The maximum absolute atomic E-state index is 13.9. The molecular weight excluding hydrogens is 422 g/mol. The Bertz CT molecular complexity index is 1080. The second-order valence-corrected chi connectivity index (χ2v) is 8.63. The van der Waals surface area contributed by atoms with Crippen LogP contribution in [-0.2, 0) is 6.54 Å². The molecule has 2 aliphatic rings. The van der Waals surface area contributed by atoms with Gasteiger partial charge < -0.3 is 15.8 Å². The Morgan fingerprint density at radius 3 is 2.97 bits per heavy atom. The first kappa shape index (κ1) is 21.5. The number of nitrogens with zero attached hydrogens (tertiary/aromatic N) is 2. The van der Waals surface area contributed by atoms with E-state index in [0.29, 0.717) is 35.1 Å². The van der Waals surface area contributed by atoms with Crippen LogP contribution in [0, 0.1) is 6.92 Å². The monoisotopic (exact) mass is 446 g/mol. The molecule has 0 spiro atoms. The number of carbonyl (C=O) groups excluding carboxylic acids is 1. The van der Waals surface area contributed by atoms with Gasteiger partial charge in [0.2, 0.25) is 0 Å². The van der Waals surface area contributed by atoms with Crippen LogP contribution in [0.15, 0.2) is 47.7 Å². The highest BCUT2D eigenvalue weighted by Crippen LogP contribution is 2.41. The number of carbonyl (C=O) groups is 1. The first-order valence-corrected chi connectivity index (χ1v) is 11.0. The third-order valence-electron chi connectivity index (χ3n) is 5.26. The maximum Gasteiger partial charge on any atom is 0.261 e. The van der Waals surface area contributed by atoms with Crippen LogP contribution in [0.3, 0.4) is 0 Å². The van der Waals surface area contributed by atoms with Crippen molar-refractivity contribution in [3.63, 3.8) is 0 Å². The van der Waals surface area contributed by atoms with E-state index in [1.165, 1.54) is 29.6 Å². The molecule has 31 heavy (non-hydrogen) atoms. The Morgan fingerprint density at radius 2 is 2.16 bits per heavy atom. The summed E-state index contributed by atoms with van der Waals surface area (Å²) in [6, 6.07) is 1.38. The number of amides is 1. The van der Waals surface area contributed by atoms with Gasteiger partial charge in [-0.3, -0.25) is 9.48 Å². The molecule has 2 aromatic heterocycles. The zero-order valence-electron chi connectivity index (χ0n) is 17.2. The third-order valence-corrected chi connectivity index (χ3v) is 6.31. The minimum absolute atomic E-state index is 0.0239. The van der Waals surface area contributed by atoms with Crippen molar-refractivity contribution in [2.75, 3.05) is 13.2 Å². The second kappa shape index (κ2) is 9.15. The number of nitrogens with two attached hydrogens (primary N) is 1. The molecule has 3 N–H and O–H groups in total. The summed E-state index contributed by atoms with van der Waals surface area (Å²) in [6.45, 7) is 3.26. The number of ether oxygens (including phenoxy) is 1. The van der Waals surface area contributed by atoms with Gasteiger partial charge in [-0.2, -0.15) is 5.10 Å². The lowest BCUT2D eigenvalue weighted by atomic mass is 10.0. The van der Waals surface area contributed by atoms with Crippen molar-refractivity contribution in [1.82, 2.24) is 15.1 Å². The Morgan fingerprint density at radius 1 is 1.35 bits per heavy atom. The summed E-state index contributed by atoms with van der Waals surface area (Å²) in [7, 11) is 0. The van der Waals surface area contributed by atoms with E-state index in [1.807, 2.05) is 17.7 Å². The van der Waals surface area contributed by atoms with Gasteiger partial charge in [0, 0.05) is 25.4 Å². The SMILES string of the molecule is Cc1cnn2c1-c1cc(C(=O)NC(CN)CC3=C/C=C(/F)CCC(F)=C3)sc1OCC2. The Balaban J connectivity index is 1.52. The lowest BCUT2D eigenvalue weighted by Gasteiger charge is -2.17. The van der Waals surface area contributed by atoms with Gasteiger partial charge in [-0.25, -0.2) is 8.78 Å². The number of nitrogens with one attached hydrogen (secondary N) is 1. The largest absolute Gasteiger partial charge is 0.481 e. The molecule has 1 aliphatic carbocycles.